The van der Waals surface area contributed by atoms with E-state index in [0.717, 1.165) is 41.9 Å². The van der Waals surface area contributed by atoms with Gasteiger partial charge >= 0.3 is 0 Å². The molecule has 0 aliphatic carbocycles. The molecule has 2 aliphatic heterocycles. The van der Waals surface area contributed by atoms with E-state index in [2.05, 4.69) is 43.9 Å². The largest absolute Gasteiger partial charge is 0.356 e. The van der Waals surface area contributed by atoms with Gasteiger partial charge < -0.3 is 9.80 Å². The van der Waals surface area contributed by atoms with Gasteiger partial charge in [-0.2, -0.15) is 0 Å². The normalized spacial score (nSPS) is 25.3. The summed E-state index contributed by atoms with van der Waals surface area (Å²) in [6.45, 7) is 4.72. The van der Waals surface area contributed by atoms with Crippen LogP contribution in [0.5, 0.6) is 0 Å². The summed E-state index contributed by atoms with van der Waals surface area (Å²) in [5, 5.41) is 0. The maximum Gasteiger partial charge on any atom is 0.128 e. The SMILES string of the molecule is CN1CC2CN(c3ccc(-c4cncnc4)cn3)CC2C1. The summed E-state index contributed by atoms with van der Waals surface area (Å²) in [5.74, 6) is 2.70. The molecule has 0 amide bonds. The molecule has 4 rings (SSSR count). The molecule has 2 atom stereocenters. The molecule has 0 spiro atoms. The van der Waals surface area contributed by atoms with Crippen LogP contribution in [-0.4, -0.2) is 53.1 Å². The maximum atomic E-state index is 4.64. The molecule has 2 unspecified atom stereocenters. The van der Waals surface area contributed by atoms with E-state index in [1.54, 1.807) is 6.33 Å². The third-order valence-electron chi connectivity index (χ3n) is 4.63. The minimum Gasteiger partial charge on any atom is -0.356 e. The first-order valence-electron chi connectivity index (χ1n) is 7.44. The van der Waals surface area contributed by atoms with Crippen LogP contribution in [0.3, 0.4) is 0 Å². The van der Waals surface area contributed by atoms with E-state index in [1.165, 1.54) is 13.1 Å². The molecule has 2 fully saturated rings. The van der Waals surface area contributed by atoms with Crippen molar-refractivity contribution in [3.63, 3.8) is 0 Å². The zero-order chi connectivity index (χ0) is 14.2. The highest BCUT2D eigenvalue weighted by Gasteiger charge is 2.38. The predicted octanol–water partition coefficient (Wildman–Crippen LogP) is 1.54. The Labute approximate surface area is 124 Å². The Balaban J connectivity index is 1.50. The smallest absolute Gasteiger partial charge is 0.128 e. The molecule has 2 aromatic heterocycles. The van der Waals surface area contributed by atoms with Crippen molar-refractivity contribution >= 4 is 5.82 Å². The van der Waals surface area contributed by atoms with Gasteiger partial charge in [-0.25, -0.2) is 15.0 Å². The Morgan fingerprint density at radius 1 is 0.905 bits per heavy atom. The summed E-state index contributed by atoms with van der Waals surface area (Å²) in [4.78, 5) is 17.6. The van der Waals surface area contributed by atoms with Crippen molar-refractivity contribution in [2.45, 2.75) is 0 Å². The van der Waals surface area contributed by atoms with Gasteiger partial charge in [0.15, 0.2) is 0 Å². The summed E-state index contributed by atoms with van der Waals surface area (Å²) < 4.78 is 0. The van der Waals surface area contributed by atoms with E-state index < -0.39 is 0 Å². The number of rotatable bonds is 2. The second-order valence-corrected chi connectivity index (χ2v) is 6.18. The maximum absolute atomic E-state index is 4.64. The van der Waals surface area contributed by atoms with Gasteiger partial charge in [-0.1, -0.05) is 0 Å². The van der Waals surface area contributed by atoms with Gasteiger partial charge in [0.2, 0.25) is 0 Å². The molecule has 21 heavy (non-hydrogen) atoms. The number of hydrogen-bond donors (Lipinski definition) is 0. The molecule has 5 nitrogen and oxygen atoms in total. The van der Waals surface area contributed by atoms with Crippen LogP contribution in [-0.2, 0) is 0 Å². The van der Waals surface area contributed by atoms with Gasteiger partial charge in [0.25, 0.3) is 0 Å². The van der Waals surface area contributed by atoms with Gasteiger partial charge in [-0.15, -0.1) is 0 Å². The van der Waals surface area contributed by atoms with Crippen molar-refractivity contribution in [2.75, 3.05) is 38.1 Å². The molecule has 4 heterocycles. The second kappa shape index (κ2) is 5.07. The molecule has 0 radical (unpaired) electrons. The first-order chi connectivity index (χ1) is 10.3. The Hall–Kier alpha value is -2.01. The number of anilines is 1. The second-order valence-electron chi connectivity index (χ2n) is 6.18. The zero-order valence-electron chi connectivity index (χ0n) is 12.2. The summed E-state index contributed by atoms with van der Waals surface area (Å²) in [7, 11) is 2.22. The van der Waals surface area contributed by atoms with Crippen molar-refractivity contribution in [3.8, 4) is 11.1 Å². The summed E-state index contributed by atoms with van der Waals surface area (Å²) in [6.07, 6.45) is 7.11. The van der Waals surface area contributed by atoms with Gasteiger partial charge in [-0.05, 0) is 31.0 Å². The highest BCUT2D eigenvalue weighted by atomic mass is 15.3. The monoisotopic (exact) mass is 281 g/mol. The molecule has 0 saturated carbocycles. The van der Waals surface area contributed by atoms with Crippen molar-refractivity contribution < 1.29 is 0 Å². The van der Waals surface area contributed by atoms with E-state index in [0.29, 0.717) is 0 Å². The number of likely N-dealkylation sites (tertiary alicyclic amines) is 1. The Morgan fingerprint density at radius 3 is 2.24 bits per heavy atom. The van der Waals surface area contributed by atoms with E-state index >= 15 is 0 Å². The standard InChI is InChI=1S/C16H19N5/c1-20-7-14-9-21(10-15(14)8-20)16-3-2-12(6-19-16)13-4-17-11-18-5-13/h2-6,11,14-15H,7-10H2,1H3. The lowest BCUT2D eigenvalue weighted by Gasteiger charge is -2.20. The van der Waals surface area contributed by atoms with E-state index in [9.17, 15) is 0 Å². The number of hydrogen-bond acceptors (Lipinski definition) is 5. The number of aromatic nitrogens is 3. The van der Waals surface area contributed by atoms with Gasteiger partial charge in [0, 0.05) is 55.9 Å². The number of fused-ring (bicyclic) bond motifs is 1. The third kappa shape index (κ3) is 2.38. The predicted molar refractivity (Wildman–Crippen MR) is 82.0 cm³/mol. The van der Waals surface area contributed by atoms with E-state index in [-0.39, 0.29) is 0 Å². The molecular weight excluding hydrogens is 262 g/mol. The van der Waals surface area contributed by atoms with Crippen molar-refractivity contribution in [2.24, 2.45) is 11.8 Å². The fourth-order valence-electron chi connectivity index (χ4n) is 3.61. The molecular formula is C16H19N5. The molecule has 0 aromatic carbocycles. The molecule has 108 valence electrons. The van der Waals surface area contributed by atoms with Crippen LogP contribution >= 0.6 is 0 Å². The first-order valence-corrected chi connectivity index (χ1v) is 7.44. The number of nitrogens with zero attached hydrogens (tertiary/aromatic N) is 5. The molecule has 0 N–H and O–H groups in total. The topological polar surface area (TPSA) is 45.2 Å². The lowest BCUT2D eigenvalue weighted by molar-refractivity contribution is 0.387. The van der Waals surface area contributed by atoms with Crippen LogP contribution in [0.4, 0.5) is 5.82 Å². The quantitative estimate of drug-likeness (QED) is 0.835. The average Bonchev–Trinajstić information content (AvgIpc) is 3.06. The first kappa shape index (κ1) is 12.7. The van der Waals surface area contributed by atoms with E-state index in [4.69, 9.17) is 0 Å². The lowest BCUT2D eigenvalue weighted by Crippen LogP contribution is -2.27. The summed E-state index contributed by atoms with van der Waals surface area (Å²) >= 11 is 0. The van der Waals surface area contributed by atoms with Crippen LogP contribution in [0.15, 0.2) is 37.1 Å². The molecule has 5 heteroatoms. The minimum absolute atomic E-state index is 0.805. The minimum atomic E-state index is 0.805. The highest BCUT2D eigenvalue weighted by molar-refractivity contribution is 5.62. The fraction of sp³-hybridized carbons (Fsp3) is 0.438. The van der Waals surface area contributed by atoms with Gasteiger partial charge in [-0.3, -0.25) is 0 Å². The van der Waals surface area contributed by atoms with Crippen LogP contribution in [0, 0.1) is 11.8 Å². The summed E-state index contributed by atoms with van der Waals surface area (Å²) in [5.41, 5.74) is 2.08. The van der Waals surface area contributed by atoms with E-state index in [1.807, 2.05) is 18.6 Å². The Kier molecular flexibility index (Phi) is 3.07. The number of pyridine rings is 1. The molecule has 2 aromatic rings. The van der Waals surface area contributed by atoms with Crippen LogP contribution in [0.2, 0.25) is 0 Å². The van der Waals surface area contributed by atoms with Gasteiger partial charge in [0.1, 0.15) is 12.1 Å². The van der Waals surface area contributed by atoms with Crippen LogP contribution < -0.4 is 4.90 Å². The molecule has 0 bridgehead atoms. The lowest BCUT2D eigenvalue weighted by atomic mass is 10.0. The van der Waals surface area contributed by atoms with Crippen molar-refractivity contribution in [1.82, 2.24) is 19.9 Å². The Bertz CT molecular complexity index is 598. The van der Waals surface area contributed by atoms with Gasteiger partial charge in [0.05, 0.1) is 0 Å². The Morgan fingerprint density at radius 2 is 1.62 bits per heavy atom. The molecule has 2 saturated heterocycles. The van der Waals surface area contributed by atoms with Crippen LogP contribution in [0.1, 0.15) is 0 Å². The molecule has 2 aliphatic rings. The average molecular weight is 281 g/mol. The van der Waals surface area contributed by atoms with Crippen molar-refractivity contribution in [1.29, 1.82) is 0 Å². The fourth-order valence-corrected chi connectivity index (χ4v) is 3.61. The van der Waals surface area contributed by atoms with Crippen LogP contribution in [0.25, 0.3) is 11.1 Å². The zero-order valence-corrected chi connectivity index (χ0v) is 12.2. The third-order valence-corrected chi connectivity index (χ3v) is 4.63. The summed E-state index contributed by atoms with van der Waals surface area (Å²) in [6, 6.07) is 4.23. The van der Waals surface area contributed by atoms with Crippen molar-refractivity contribution in [3.05, 3.63) is 37.1 Å². The highest BCUT2D eigenvalue weighted by Crippen LogP contribution is 2.32.